The maximum atomic E-state index is 15.0. The fraction of sp³-hybridized carbons (Fsp3) is 0.522. The zero-order valence-corrected chi connectivity index (χ0v) is 19.2. The second-order valence-corrected chi connectivity index (χ2v) is 8.64. The number of halogens is 1. The minimum atomic E-state index is -0.556. The molecule has 0 unspecified atom stereocenters. The first-order chi connectivity index (χ1) is 15.9. The van der Waals surface area contributed by atoms with Crippen LogP contribution in [-0.2, 0) is 0 Å². The summed E-state index contributed by atoms with van der Waals surface area (Å²) in [7, 11) is 1.63. The Morgan fingerprint density at radius 1 is 1.15 bits per heavy atom. The van der Waals surface area contributed by atoms with Gasteiger partial charge in [-0.1, -0.05) is 6.42 Å². The molecule has 0 atom stereocenters. The number of pyridine rings is 1. The number of rotatable bonds is 9. The van der Waals surface area contributed by atoms with Crippen LogP contribution in [0.5, 0.6) is 11.6 Å². The van der Waals surface area contributed by atoms with Crippen LogP contribution in [0, 0.1) is 12.7 Å². The molecule has 0 aromatic carbocycles. The van der Waals surface area contributed by atoms with Gasteiger partial charge in [-0.3, -0.25) is 0 Å². The van der Waals surface area contributed by atoms with E-state index in [0.717, 1.165) is 38.5 Å². The highest BCUT2D eigenvalue weighted by molar-refractivity contribution is 5.64. The van der Waals surface area contributed by atoms with Crippen molar-refractivity contribution < 1.29 is 13.9 Å². The molecule has 0 spiro atoms. The van der Waals surface area contributed by atoms with Gasteiger partial charge in [-0.2, -0.15) is 4.98 Å². The van der Waals surface area contributed by atoms with Crippen LogP contribution in [0.2, 0.25) is 0 Å². The van der Waals surface area contributed by atoms with E-state index in [1.54, 1.807) is 26.2 Å². The second-order valence-electron chi connectivity index (χ2n) is 8.64. The van der Waals surface area contributed by atoms with E-state index in [0.29, 0.717) is 29.0 Å². The summed E-state index contributed by atoms with van der Waals surface area (Å²) < 4.78 is 26.7. The summed E-state index contributed by atoms with van der Waals surface area (Å²) in [6, 6.07) is 3.07. The summed E-state index contributed by atoms with van der Waals surface area (Å²) in [5.74, 6) is 6.77. The van der Waals surface area contributed by atoms with Gasteiger partial charge in [0.15, 0.2) is 5.82 Å². The molecule has 2 heterocycles. The molecule has 0 amide bonds. The predicted molar refractivity (Wildman–Crippen MR) is 124 cm³/mol. The Morgan fingerprint density at radius 2 is 1.88 bits per heavy atom. The number of nitrogens with two attached hydrogens (primary N) is 2. The van der Waals surface area contributed by atoms with Crippen LogP contribution in [0.3, 0.4) is 0 Å². The lowest BCUT2D eigenvalue weighted by molar-refractivity contribution is 0.152. The molecule has 0 bridgehead atoms. The topological polar surface area (TPSA) is 124 Å². The first kappa shape index (κ1) is 23.0. The van der Waals surface area contributed by atoms with Gasteiger partial charge >= 0.3 is 0 Å². The normalized spacial score (nSPS) is 17.3. The third-order valence-corrected chi connectivity index (χ3v) is 5.81. The number of hydrogen-bond acceptors (Lipinski definition) is 9. The van der Waals surface area contributed by atoms with Crippen LogP contribution in [0.4, 0.5) is 10.3 Å². The fourth-order valence-electron chi connectivity index (χ4n) is 3.79. The third-order valence-electron chi connectivity index (χ3n) is 5.81. The number of aryl methyl sites for hydroxylation is 1. The lowest BCUT2D eigenvalue weighted by Gasteiger charge is -2.24. The van der Waals surface area contributed by atoms with E-state index >= 15 is 4.39 Å². The number of nitrogens with zero attached hydrogens (tertiary/aromatic N) is 4. The summed E-state index contributed by atoms with van der Waals surface area (Å²) in [5.41, 5.74) is 7.51. The molecule has 5 N–H and O–H groups in total. The Balaban J connectivity index is 1.50. The maximum absolute atomic E-state index is 15.0. The van der Waals surface area contributed by atoms with Gasteiger partial charge in [0.05, 0.1) is 29.7 Å². The van der Waals surface area contributed by atoms with Crippen molar-refractivity contribution in [3.8, 4) is 11.6 Å². The lowest BCUT2D eigenvalue weighted by Crippen LogP contribution is -2.32. The summed E-state index contributed by atoms with van der Waals surface area (Å²) in [6.45, 7) is 1.96. The van der Waals surface area contributed by atoms with Crippen molar-refractivity contribution >= 4 is 11.6 Å². The molecule has 33 heavy (non-hydrogen) atoms. The Hall–Kier alpha value is -3.14. The smallest absolute Gasteiger partial charge is 0.226 e. The molecule has 9 nitrogen and oxygen atoms in total. The van der Waals surface area contributed by atoms with Crippen LogP contribution < -0.4 is 26.4 Å². The number of nitrogens with one attached hydrogen (secondary N) is 1. The van der Waals surface area contributed by atoms with Crippen molar-refractivity contribution in [3.05, 3.63) is 41.2 Å². The van der Waals surface area contributed by atoms with Crippen LogP contribution in [0.1, 0.15) is 56.3 Å². The van der Waals surface area contributed by atoms with E-state index in [-0.39, 0.29) is 30.1 Å². The predicted octanol–water partition coefficient (Wildman–Crippen LogP) is 3.12. The minimum absolute atomic E-state index is 0.0318. The molecule has 2 aromatic heterocycles. The largest absolute Gasteiger partial charge is 0.488 e. The Labute approximate surface area is 193 Å². The van der Waals surface area contributed by atoms with Gasteiger partial charge in [0.25, 0.3) is 0 Å². The third kappa shape index (κ3) is 6.01. The highest BCUT2D eigenvalue weighted by Crippen LogP contribution is 2.28. The van der Waals surface area contributed by atoms with Crippen molar-refractivity contribution in [1.82, 2.24) is 20.0 Å². The summed E-state index contributed by atoms with van der Waals surface area (Å²) in [6.07, 6.45) is 9.47. The lowest BCUT2D eigenvalue weighted by atomic mass is 9.98. The number of ether oxygens (including phenoxy) is 2. The molecular formula is C23H32FN7O2. The highest BCUT2D eigenvalue weighted by atomic mass is 19.1. The first-order valence-corrected chi connectivity index (χ1v) is 11.5. The Kier molecular flexibility index (Phi) is 7.12. The SMILES string of the molecule is Cc1nc(/C(N)=C(\CNc2nccc(OC3CC3)n2)N(C)N)c(F)cc1OC1CCCCC1. The molecule has 178 valence electrons. The molecule has 2 saturated carbocycles. The molecule has 10 heteroatoms. The van der Waals surface area contributed by atoms with Crippen molar-refractivity contribution in [3.63, 3.8) is 0 Å². The van der Waals surface area contributed by atoms with Crippen LogP contribution >= 0.6 is 0 Å². The molecule has 2 aliphatic rings. The van der Waals surface area contributed by atoms with Gasteiger partial charge in [0.2, 0.25) is 11.8 Å². The molecule has 0 saturated heterocycles. The van der Waals surface area contributed by atoms with E-state index in [1.165, 1.54) is 17.5 Å². The maximum Gasteiger partial charge on any atom is 0.226 e. The highest BCUT2D eigenvalue weighted by Gasteiger charge is 2.24. The number of hydrazine groups is 1. The number of anilines is 1. The van der Waals surface area contributed by atoms with Gasteiger partial charge in [-0.05, 0) is 45.4 Å². The van der Waals surface area contributed by atoms with Crippen LogP contribution in [0.25, 0.3) is 5.70 Å². The fourth-order valence-corrected chi connectivity index (χ4v) is 3.79. The average Bonchev–Trinajstić information content (AvgIpc) is 3.61. The standard InChI is InChI=1S/C23H32FN7O2/c1-14-19(32-15-6-4-3-5-7-15)12-17(24)22(29-14)21(25)18(31(2)26)13-28-23-27-11-10-20(30-23)33-16-8-9-16/h10-12,15-16H,3-9,13,25-26H2,1-2H3,(H,27,28,30)/b21-18-. The quantitative estimate of drug-likeness (QED) is 0.385. The first-order valence-electron chi connectivity index (χ1n) is 11.5. The second kappa shape index (κ2) is 10.2. The molecular weight excluding hydrogens is 425 g/mol. The van der Waals surface area contributed by atoms with Gasteiger partial charge < -0.3 is 25.5 Å². The van der Waals surface area contributed by atoms with Crippen molar-refractivity contribution in [1.29, 1.82) is 0 Å². The molecule has 4 rings (SSSR count). The van der Waals surface area contributed by atoms with Gasteiger partial charge in [0.1, 0.15) is 17.5 Å². The van der Waals surface area contributed by atoms with E-state index in [1.807, 2.05) is 0 Å². The summed E-state index contributed by atoms with van der Waals surface area (Å²) in [5, 5.41) is 4.40. The van der Waals surface area contributed by atoms with Crippen molar-refractivity contribution in [2.45, 2.75) is 64.1 Å². The molecule has 0 aliphatic heterocycles. The number of aromatic nitrogens is 3. The number of hydrogen-bond donors (Lipinski definition) is 3. The Morgan fingerprint density at radius 3 is 2.58 bits per heavy atom. The molecule has 2 aliphatic carbocycles. The van der Waals surface area contributed by atoms with Gasteiger partial charge in [0, 0.05) is 25.4 Å². The van der Waals surface area contributed by atoms with Crippen LogP contribution in [0.15, 0.2) is 24.0 Å². The monoisotopic (exact) mass is 457 g/mol. The summed E-state index contributed by atoms with van der Waals surface area (Å²) in [4.78, 5) is 12.9. The van der Waals surface area contributed by atoms with E-state index in [9.17, 15) is 0 Å². The zero-order valence-electron chi connectivity index (χ0n) is 19.2. The minimum Gasteiger partial charge on any atom is -0.488 e. The van der Waals surface area contributed by atoms with E-state index < -0.39 is 5.82 Å². The molecule has 2 fully saturated rings. The molecule has 2 aromatic rings. The zero-order chi connectivity index (χ0) is 23.4. The Bertz CT molecular complexity index is 1000. The van der Waals surface area contributed by atoms with Crippen molar-refractivity contribution in [2.24, 2.45) is 11.6 Å². The molecule has 0 radical (unpaired) electrons. The average molecular weight is 458 g/mol. The van der Waals surface area contributed by atoms with E-state index in [4.69, 9.17) is 21.1 Å². The van der Waals surface area contributed by atoms with Crippen molar-refractivity contribution in [2.75, 3.05) is 18.9 Å². The number of likely N-dealkylation sites (N-methyl/N-ethyl adjacent to an activating group) is 1. The van der Waals surface area contributed by atoms with Gasteiger partial charge in [-0.15, -0.1) is 0 Å². The van der Waals surface area contributed by atoms with E-state index in [2.05, 4.69) is 20.3 Å². The summed E-state index contributed by atoms with van der Waals surface area (Å²) >= 11 is 0. The van der Waals surface area contributed by atoms with Gasteiger partial charge in [-0.25, -0.2) is 20.2 Å². The van der Waals surface area contributed by atoms with Crippen LogP contribution in [-0.4, -0.2) is 45.8 Å².